The summed E-state index contributed by atoms with van der Waals surface area (Å²) in [5, 5.41) is 3.27. The summed E-state index contributed by atoms with van der Waals surface area (Å²) in [6, 6.07) is 28.7. The fraction of sp³-hybridized carbons (Fsp3) is 0.0435. The van der Waals surface area contributed by atoms with E-state index in [1.165, 1.54) is 5.01 Å². The fourth-order valence-electron chi connectivity index (χ4n) is 3.27. The van der Waals surface area contributed by atoms with Crippen LogP contribution in [0.15, 0.2) is 96.6 Å². The van der Waals surface area contributed by atoms with Gasteiger partial charge in [-0.15, -0.1) is 0 Å². The standard InChI is InChI=1S/C23H18N2O2/c1-17-21(18-11-5-2-6-12-18)25(23(27)22(17)26)24(19-13-7-3-8-14-19)20-15-9-4-10-16-20/h2-16H,1H3. The second kappa shape index (κ2) is 6.92. The van der Waals surface area contributed by atoms with Gasteiger partial charge in [-0.05, 0) is 31.2 Å². The predicted molar refractivity (Wildman–Crippen MR) is 106 cm³/mol. The molecule has 0 aromatic heterocycles. The molecule has 0 bridgehead atoms. The van der Waals surface area contributed by atoms with Gasteiger partial charge in [0.25, 0.3) is 0 Å². The van der Waals surface area contributed by atoms with Gasteiger partial charge < -0.3 is 0 Å². The van der Waals surface area contributed by atoms with Crippen molar-refractivity contribution in [3.63, 3.8) is 0 Å². The zero-order valence-electron chi connectivity index (χ0n) is 14.9. The van der Waals surface area contributed by atoms with E-state index in [9.17, 15) is 9.59 Å². The largest absolute Gasteiger partial charge is 0.318 e. The van der Waals surface area contributed by atoms with Crippen molar-refractivity contribution in [2.24, 2.45) is 0 Å². The summed E-state index contributed by atoms with van der Waals surface area (Å²) < 4.78 is 0. The molecule has 4 rings (SSSR count). The molecule has 1 aliphatic rings. The highest BCUT2D eigenvalue weighted by Gasteiger charge is 2.41. The van der Waals surface area contributed by atoms with Gasteiger partial charge in [-0.3, -0.25) is 9.59 Å². The molecule has 1 aliphatic heterocycles. The highest BCUT2D eigenvalue weighted by Crippen LogP contribution is 2.37. The second-order valence-electron chi connectivity index (χ2n) is 6.27. The molecule has 0 saturated carbocycles. The van der Waals surface area contributed by atoms with Crippen LogP contribution in [0.5, 0.6) is 0 Å². The number of amides is 1. The summed E-state index contributed by atoms with van der Waals surface area (Å²) >= 11 is 0. The Morgan fingerprint density at radius 3 is 1.59 bits per heavy atom. The van der Waals surface area contributed by atoms with Gasteiger partial charge >= 0.3 is 5.91 Å². The smallest absolute Gasteiger partial charge is 0.283 e. The minimum absolute atomic E-state index is 0.447. The monoisotopic (exact) mass is 354 g/mol. The normalized spacial score (nSPS) is 14.0. The Morgan fingerprint density at radius 1 is 0.667 bits per heavy atom. The van der Waals surface area contributed by atoms with Gasteiger partial charge in [-0.25, -0.2) is 10.0 Å². The third kappa shape index (κ3) is 2.91. The number of hydrazine groups is 1. The highest BCUT2D eigenvalue weighted by atomic mass is 16.2. The molecule has 3 aromatic rings. The molecule has 0 spiro atoms. The van der Waals surface area contributed by atoms with E-state index in [0.717, 1.165) is 16.9 Å². The lowest BCUT2D eigenvalue weighted by atomic mass is 10.1. The van der Waals surface area contributed by atoms with E-state index in [0.29, 0.717) is 11.3 Å². The molecule has 4 heteroatoms. The number of carbonyl (C=O) groups is 2. The molecule has 27 heavy (non-hydrogen) atoms. The first-order valence-electron chi connectivity index (χ1n) is 8.73. The first-order chi connectivity index (χ1) is 13.2. The third-order valence-electron chi connectivity index (χ3n) is 4.54. The Kier molecular flexibility index (Phi) is 4.30. The molecule has 0 radical (unpaired) electrons. The minimum atomic E-state index is -0.556. The number of Topliss-reactive ketones (excluding diaryl/α,β-unsaturated/α-hetero) is 1. The van der Waals surface area contributed by atoms with E-state index in [2.05, 4.69) is 0 Å². The van der Waals surface area contributed by atoms with Gasteiger partial charge in [0.1, 0.15) is 0 Å². The number of benzene rings is 3. The maximum Gasteiger partial charge on any atom is 0.318 e. The molecule has 0 aliphatic carbocycles. The van der Waals surface area contributed by atoms with Gasteiger partial charge in [0.05, 0.1) is 17.1 Å². The van der Waals surface area contributed by atoms with E-state index in [1.807, 2.05) is 91.0 Å². The molecular formula is C23H18N2O2. The van der Waals surface area contributed by atoms with Gasteiger partial charge in [0.2, 0.25) is 5.78 Å². The number of para-hydroxylation sites is 2. The van der Waals surface area contributed by atoms with Crippen molar-refractivity contribution < 1.29 is 9.59 Å². The van der Waals surface area contributed by atoms with E-state index in [4.69, 9.17) is 0 Å². The molecule has 0 N–H and O–H groups in total. The van der Waals surface area contributed by atoms with Crippen molar-refractivity contribution in [1.82, 2.24) is 5.01 Å². The number of ketones is 1. The average Bonchev–Trinajstić information content (AvgIpc) is 2.95. The van der Waals surface area contributed by atoms with Crippen LogP contribution < -0.4 is 5.01 Å². The van der Waals surface area contributed by atoms with Crippen LogP contribution in [0.3, 0.4) is 0 Å². The topological polar surface area (TPSA) is 40.6 Å². The van der Waals surface area contributed by atoms with E-state index in [-0.39, 0.29) is 0 Å². The molecule has 1 heterocycles. The Labute approximate surface area is 157 Å². The number of anilines is 2. The highest BCUT2D eigenvalue weighted by molar-refractivity contribution is 6.48. The Hall–Kier alpha value is -3.66. The van der Waals surface area contributed by atoms with Crippen LogP contribution in [0.4, 0.5) is 11.4 Å². The maximum absolute atomic E-state index is 13.0. The number of rotatable bonds is 4. The van der Waals surface area contributed by atoms with Crippen LogP contribution >= 0.6 is 0 Å². The molecule has 0 atom stereocenters. The summed E-state index contributed by atoms with van der Waals surface area (Å²) in [7, 11) is 0. The van der Waals surface area contributed by atoms with Crippen LogP contribution in [-0.4, -0.2) is 16.7 Å². The minimum Gasteiger partial charge on any atom is -0.283 e. The molecule has 3 aromatic carbocycles. The molecular weight excluding hydrogens is 336 g/mol. The van der Waals surface area contributed by atoms with Gasteiger partial charge in [-0.2, -0.15) is 0 Å². The van der Waals surface area contributed by atoms with Crippen molar-refractivity contribution in [2.75, 3.05) is 5.01 Å². The Bertz CT molecular complexity index is 973. The van der Waals surface area contributed by atoms with Gasteiger partial charge in [0.15, 0.2) is 0 Å². The van der Waals surface area contributed by atoms with Gasteiger partial charge in [-0.1, -0.05) is 66.7 Å². The van der Waals surface area contributed by atoms with Crippen LogP contribution in [-0.2, 0) is 9.59 Å². The summed E-state index contributed by atoms with van der Waals surface area (Å²) in [6.45, 7) is 1.71. The first-order valence-corrected chi connectivity index (χ1v) is 8.73. The van der Waals surface area contributed by atoms with Crippen LogP contribution in [0.2, 0.25) is 0 Å². The van der Waals surface area contributed by atoms with E-state index >= 15 is 0 Å². The summed E-state index contributed by atoms with van der Waals surface area (Å²) in [6.07, 6.45) is 0. The molecule has 0 fully saturated rings. The molecule has 132 valence electrons. The summed E-state index contributed by atoms with van der Waals surface area (Å²) in [5.41, 5.74) is 3.48. The van der Waals surface area contributed by atoms with Crippen molar-refractivity contribution in [1.29, 1.82) is 0 Å². The lowest BCUT2D eigenvalue weighted by Crippen LogP contribution is -2.41. The SMILES string of the molecule is CC1=C(c2ccccc2)N(N(c2ccccc2)c2ccccc2)C(=O)C1=O. The lowest BCUT2D eigenvalue weighted by molar-refractivity contribution is -0.139. The average molecular weight is 354 g/mol. The maximum atomic E-state index is 13.0. The van der Waals surface area contributed by atoms with Crippen molar-refractivity contribution in [3.8, 4) is 0 Å². The van der Waals surface area contributed by atoms with Gasteiger partial charge in [0, 0.05) is 11.1 Å². The fourth-order valence-corrected chi connectivity index (χ4v) is 3.27. The second-order valence-corrected chi connectivity index (χ2v) is 6.27. The Balaban J connectivity index is 1.93. The van der Waals surface area contributed by atoms with Crippen molar-refractivity contribution >= 4 is 28.8 Å². The number of carbonyl (C=O) groups excluding carboxylic acids is 2. The molecule has 1 amide bonds. The van der Waals surface area contributed by atoms with Crippen LogP contribution in [0.1, 0.15) is 12.5 Å². The Morgan fingerprint density at radius 2 is 1.11 bits per heavy atom. The summed E-state index contributed by atoms with van der Waals surface area (Å²) in [4.78, 5) is 25.6. The van der Waals surface area contributed by atoms with E-state index in [1.54, 1.807) is 11.9 Å². The molecule has 0 saturated heterocycles. The van der Waals surface area contributed by atoms with Crippen molar-refractivity contribution in [2.45, 2.75) is 6.92 Å². The van der Waals surface area contributed by atoms with E-state index < -0.39 is 11.7 Å². The number of hydrogen-bond donors (Lipinski definition) is 0. The van der Waals surface area contributed by atoms with Crippen molar-refractivity contribution in [3.05, 3.63) is 102 Å². The quantitative estimate of drug-likeness (QED) is 0.644. The first kappa shape index (κ1) is 16.8. The number of hydrogen-bond acceptors (Lipinski definition) is 3. The van der Waals surface area contributed by atoms with Crippen LogP contribution in [0, 0.1) is 0 Å². The predicted octanol–water partition coefficient (Wildman–Crippen LogP) is 4.58. The number of nitrogens with zero attached hydrogens (tertiary/aromatic N) is 2. The van der Waals surface area contributed by atoms with Crippen LogP contribution in [0.25, 0.3) is 5.70 Å². The zero-order valence-corrected chi connectivity index (χ0v) is 14.9. The zero-order chi connectivity index (χ0) is 18.8. The summed E-state index contributed by atoms with van der Waals surface area (Å²) in [5.74, 6) is -1.04. The molecule has 4 nitrogen and oxygen atoms in total. The third-order valence-corrected chi connectivity index (χ3v) is 4.54. The molecule has 0 unspecified atom stereocenters. The lowest BCUT2D eigenvalue weighted by Gasteiger charge is -2.35.